The smallest absolute Gasteiger partial charge is 0.393 e. The fourth-order valence-corrected chi connectivity index (χ4v) is 1.95. The first-order valence-corrected chi connectivity index (χ1v) is 5.28. The third-order valence-corrected chi connectivity index (χ3v) is 2.91. The maximum atomic E-state index is 12.5. The predicted octanol–water partition coefficient (Wildman–Crippen LogP) is 2.92. The van der Waals surface area contributed by atoms with Crippen molar-refractivity contribution >= 4 is 23.5 Å². The zero-order valence-corrected chi connectivity index (χ0v) is 9.51. The van der Waals surface area contributed by atoms with Crippen LogP contribution in [-0.4, -0.2) is 11.9 Å². The van der Waals surface area contributed by atoms with Gasteiger partial charge in [0.2, 0.25) is 0 Å². The van der Waals surface area contributed by atoms with E-state index in [1.807, 2.05) is 0 Å². The number of esters is 2. The number of ether oxygens (including phenoxy) is 1. The minimum absolute atomic E-state index is 0.000324. The van der Waals surface area contributed by atoms with E-state index in [1.165, 1.54) is 0 Å². The second kappa shape index (κ2) is 4.28. The first kappa shape index (κ1) is 12.9. The van der Waals surface area contributed by atoms with Crippen LogP contribution in [0.2, 0.25) is 5.02 Å². The number of rotatable bonds is 1. The van der Waals surface area contributed by atoms with Gasteiger partial charge >= 0.3 is 18.1 Å². The number of carbonyl (C=O) groups excluding carboxylic acids is 2. The predicted molar refractivity (Wildman–Crippen MR) is 54.9 cm³/mol. The highest BCUT2D eigenvalue weighted by Crippen LogP contribution is 2.37. The summed E-state index contributed by atoms with van der Waals surface area (Å²) in [5, 5.41) is -0.000324. The van der Waals surface area contributed by atoms with Crippen LogP contribution in [0.25, 0.3) is 0 Å². The second-order valence-corrected chi connectivity index (χ2v) is 4.19. The molecule has 0 bridgehead atoms. The average molecular weight is 279 g/mol. The summed E-state index contributed by atoms with van der Waals surface area (Å²) in [5.74, 6) is -2.70. The Balaban J connectivity index is 2.44. The normalized spacial score (nSPS) is 20.1. The van der Waals surface area contributed by atoms with Gasteiger partial charge < -0.3 is 4.74 Å². The maximum absolute atomic E-state index is 12.5. The van der Waals surface area contributed by atoms with Crippen LogP contribution >= 0.6 is 11.6 Å². The van der Waals surface area contributed by atoms with Crippen molar-refractivity contribution in [1.82, 2.24) is 0 Å². The molecule has 1 aromatic carbocycles. The van der Waals surface area contributed by atoms with Gasteiger partial charge in [-0.2, -0.15) is 13.2 Å². The Morgan fingerprint density at radius 2 is 1.94 bits per heavy atom. The van der Waals surface area contributed by atoms with E-state index >= 15 is 0 Å². The van der Waals surface area contributed by atoms with E-state index < -0.39 is 29.6 Å². The van der Waals surface area contributed by atoms with Gasteiger partial charge in [0.15, 0.2) is 0 Å². The minimum Gasteiger partial charge on any atom is -0.393 e. The summed E-state index contributed by atoms with van der Waals surface area (Å²) in [6.45, 7) is 0. The van der Waals surface area contributed by atoms with Crippen molar-refractivity contribution in [3.8, 4) is 0 Å². The Bertz CT molecular complexity index is 525. The molecule has 1 aromatic rings. The molecule has 0 N–H and O–H groups in total. The van der Waals surface area contributed by atoms with Gasteiger partial charge in [-0.05, 0) is 23.8 Å². The molecule has 1 saturated heterocycles. The highest BCUT2D eigenvalue weighted by Gasteiger charge is 2.38. The molecule has 0 saturated carbocycles. The van der Waals surface area contributed by atoms with Crippen molar-refractivity contribution in [2.45, 2.75) is 18.5 Å². The summed E-state index contributed by atoms with van der Waals surface area (Å²) in [5.41, 5.74) is -0.962. The molecule has 0 aromatic heterocycles. The zero-order chi connectivity index (χ0) is 13.5. The summed E-state index contributed by atoms with van der Waals surface area (Å²) in [7, 11) is 0. The molecule has 0 spiro atoms. The lowest BCUT2D eigenvalue weighted by molar-refractivity contribution is -0.152. The molecule has 1 unspecified atom stereocenters. The van der Waals surface area contributed by atoms with Crippen molar-refractivity contribution in [1.29, 1.82) is 0 Å². The Morgan fingerprint density at radius 1 is 1.28 bits per heavy atom. The highest BCUT2D eigenvalue weighted by molar-refractivity contribution is 6.31. The standard InChI is InChI=1S/C11H6ClF3O3/c12-8-2-1-5(11(13,14)15)3-6(8)7-4-9(16)18-10(7)17/h1-3,7H,4H2. The van der Waals surface area contributed by atoms with Crippen LogP contribution in [0.15, 0.2) is 18.2 Å². The zero-order valence-electron chi connectivity index (χ0n) is 8.75. The molecule has 1 aliphatic heterocycles. The van der Waals surface area contributed by atoms with Crippen LogP contribution in [0.5, 0.6) is 0 Å². The van der Waals surface area contributed by atoms with Gasteiger partial charge in [-0.25, -0.2) is 0 Å². The summed E-state index contributed by atoms with van der Waals surface area (Å²) < 4.78 is 41.9. The number of halogens is 4. The molecule has 0 amide bonds. The fraction of sp³-hybridized carbons (Fsp3) is 0.273. The van der Waals surface area contributed by atoms with Gasteiger partial charge in [-0.1, -0.05) is 11.6 Å². The molecule has 1 atom stereocenters. The van der Waals surface area contributed by atoms with Gasteiger partial charge in [0.1, 0.15) is 0 Å². The van der Waals surface area contributed by atoms with E-state index in [0.29, 0.717) is 0 Å². The van der Waals surface area contributed by atoms with Crippen LogP contribution in [0.4, 0.5) is 13.2 Å². The summed E-state index contributed by atoms with van der Waals surface area (Å²) in [6, 6.07) is 2.64. The first-order valence-electron chi connectivity index (χ1n) is 4.90. The van der Waals surface area contributed by atoms with Gasteiger partial charge in [-0.15, -0.1) is 0 Å². The van der Waals surface area contributed by atoms with E-state index in [1.54, 1.807) is 0 Å². The van der Waals surface area contributed by atoms with Gasteiger partial charge in [0.25, 0.3) is 0 Å². The van der Waals surface area contributed by atoms with E-state index in [9.17, 15) is 22.8 Å². The molecular formula is C11H6ClF3O3. The van der Waals surface area contributed by atoms with Crippen molar-refractivity contribution in [3.05, 3.63) is 34.3 Å². The summed E-state index contributed by atoms with van der Waals surface area (Å²) in [6.07, 6.45) is -4.83. The van der Waals surface area contributed by atoms with Crippen molar-refractivity contribution < 1.29 is 27.5 Å². The van der Waals surface area contributed by atoms with Gasteiger partial charge in [0, 0.05) is 5.02 Å². The minimum atomic E-state index is -4.54. The summed E-state index contributed by atoms with van der Waals surface area (Å²) >= 11 is 5.75. The molecule has 1 aliphatic rings. The van der Waals surface area contributed by atoms with Gasteiger partial charge in [0.05, 0.1) is 17.9 Å². The number of cyclic esters (lactones) is 2. The van der Waals surface area contributed by atoms with Crippen LogP contribution < -0.4 is 0 Å². The largest absolute Gasteiger partial charge is 0.416 e. The van der Waals surface area contributed by atoms with E-state index in [2.05, 4.69) is 4.74 Å². The molecule has 3 nitrogen and oxygen atoms in total. The number of alkyl halides is 3. The van der Waals surface area contributed by atoms with Crippen molar-refractivity contribution in [2.24, 2.45) is 0 Å². The Morgan fingerprint density at radius 3 is 2.44 bits per heavy atom. The maximum Gasteiger partial charge on any atom is 0.416 e. The van der Waals surface area contributed by atoms with Crippen LogP contribution in [0.1, 0.15) is 23.5 Å². The lowest BCUT2D eigenvalue weighted by Gasteiger charge is -2.12. The number of hydrogen-bond acceptors (Lipinski definition) is 3. The number of benzene rings is 1. The third kappa shape index (κ3) is 2.33. The molecule has 2 rings (SSSR count). The van der Waals surface area contributed by atoms with Crippen molar-refractivity contribution in [3.63, 3.8) is 0 Å². The van der Waals surface area contributed by atoms with E-state index in [-0.39, 0.29) is 17.0 Å². The Kier molecular flexibility index (Phi) is 3.06. The lowest BCUT2D eigenvalue weighted by atomic mass is 9.96. The monoisotopic (exact) mass is 278 g/mol. The molecular weight excluding hydrogens is 273 g/mol. The molecule has 0 aliphatic carbocycles. The number of hydrogen-bond donors (Lipinski definition) is 0. The highest BCUT2D eigenvalue weighted by atomic mass is 35.5. The van der Waals surface area contributed by atoms with Crippen molar-refractivity contribution in [2.75, 3.05) is 0 Å². The second-order valence-electron chi connectivity index (χ2n) is 3.78. The molecule has 1 heterocycles. The molecule has 96 valence electrons. The summed E-state index contributed by atoms with van der Waals surface area (Å²) in [4.78, 5) is 22.2. The van der Waals surface area contributed by atoms with Gasteiger partial charge in [-0.3, -0.25) is 9.59 Å². The first-order chi connectivity index (χ1) is 8.29. The lowest BCUT2D eigenvalue weighted by Crippen LogP contribution is -2.10. The topological polar surface area (TPSA) is 43.4 Å². The molecule has 1 fully saturated rings. The van der Waals surface area contributed by atoms with E-state index in [0.717, 1.165) is 18.2 Å². The van der Waals surface area contributed by atoms with Crippen LogP contribution in [0.3, 0.4) is 0 Å². The van der Waals surface area contributed by atoms with Crippen LogP contribution in [-0.2, 0) is 20.5 Å². The molecule has 7 heteroatoms. The molecule has 18 heavy (non-hydrogen) atoms. The SMILES string of the molecule is O=C1CC(c2cc(C(F)(F)F)ccc2Cl)C(=O)O1. The average Bonchev–Trinajstić information content (AvgIpc) is 2.56. The Labute approximate surface area is 104 Å². The molecule has 0 radical (unpaired) electrons. The van der Waals surface area contributed by atoms with E-state index in [4.69, 9.17) is 11.6 Å². The Hall–Kier alpha value is -1.56. The number of carbonyl (C=O) groups is 2. The quantitative estimate of drug-likeness (QED) is 0.586. The third-order valence-electron chi connectivity index (χ3n) is 2.57. The fourth-order valence-electron chi connectivity index (χ4n) is 1.70. The van der Waals surface area contributed by atoms with Crippen LogP contribution in [0, 0.1) is 0 Å².